The number of aliphatic hydroxyl groups excluding tert-OH is 1. The fraction of sp³-hybridized carbons (Fsp3) is 0.250. The van der Waals surface area contributed by atoms with E-state index in [9.17, 15) is 14.7 Å². The van der Waals surface area contributed by atoms with Crippen LogP contribution in [0, 0.1) is 0 Å². The van der Waals surface area contributed by atoms with Crippen LogP contribution in [0.25, 0.3) is 0 Å². The number of carbonyl (C=O) groups is 2. The fourth-order valence-corrected chi connectivity index (χ4v) is 4.62. The molecule has 8 heteroatoms. The van der Waals surface area contributed by atoms with Crippen molar-refractivity contribution < 1.29 is 14.7 Å². The van der Waals surface area contributed by atoms with E-state index in [1.54, 1.807) is 6.07 Å². The van der Waals surface area contributed by atoms with Gasteiger partial charge in [0.1, 0.15) is 11.1 Å². The number of halogens is 1. The van der Waals surface area contributed by atoms with Gasteiger partial charge in [-0.1, -0.05) is 42.4 Å². The molecule has 0 radical (unpaired) electrons. The molecule has 1 atom stereocenters. The molecule has 24 heavy (non-hydrogen) atoms. The Kier molecular flexibility index (Phi) is 6.28. The Morgan fingerprint density at radius 1 is 1.46 bits per heavy atom. The van der Waals surface area contributed by atoms with Crippen LogP contribution in [0.2, 0.25) is 5.02 Å². The van der Waals surface area contributed by atoms with Gasteiger partial charge in [-0.05, 0) is 31.0 Å². The highest BCUT2D eigenvalue weighted by molar-refractivity contribution is 8.01. The van der Waals surface area contributed by atoms with E-state index in [2.05, 4.69) is 5.32 Å². The summed E-state index contributed by atoms with van der Waals surface area (Å²) >= 11 is 8.92. The predicted octanol–water partition coefficient (Wildman–Crippen LogP) is 3.53. The van der Waals surface area contributed by atoms with E-state index in [1.165, 1.54) is 30.0 Å². The van der Waals surface area contributed by atoms with Crippen molar-refractivity contribution in [2.75, 3.05) is 5.32 Å². The zero-order chi connectivity index (χ0) is 17.9. The van der Waals surface area contributed by atoms with E-state index in [0.29, 0.717) is 10.0 Å². The quantitative estimate of drug-likeness (QED) is 0.710. The Morgan fingerprint density at radius 2 is 2.17 bits per heavy atom. The Bertz CT molecular complexity index is 775. The summed E-state index contributed by atoms with van der Waals surface area (Å²) in [6.45, 7) is 3.38. The van der Waals surface area contributed by atoms with Crippen LogP contribution in [-0.2, 0) is 11.2 Å². The van der Waals surface area contributed by atoms with Gasteiger partial charge < -0.3 is 16.2 Å². The topological polar surface area (TPSA) is 92.4 Å². The maximum atomic E-state index is 11.7. The number of benzene rings is 1. The summed E-state index contributed by atoms with van der Waals surface area (Å²) in [5, 5.41) is 12.8. The van der Waals surface area contributed by atoms with Crippen molar-refractivity contribution in [2.45, 2.75) is 35.5 Å². The maximum absolute atomic E-state index is 11.7. The zero-order valence-electron chi connectivity index (χ0n) is 13.1. The minimum Gasteiger partial charge on any atom is -0.384 e. The Balaban J connectivity index is 2.36. The second-order valence-corrected chi connectivity index (χ2v) is 7.79. The molecule has 4 N–H and O–H groups in total. The summed E-state index contributed by atoms with van der Waals surface area (Å²) < 4.78 is 0.771. The fourth-order valence-electron chi connectivity index (χ4n) is 1.96. The van der Waals surface area contributed by atoms with Gasteiger partial charge in [0.2, 0.25) is 0 Å². The number of amides is 2. The maximum Gasteiger partial charge on any atom is 0.253 e. The summed E-state index contributed by atoms with van der Waals surface area (Å²) in [6.07, 6.45) is -0.359. The van der Waals surface area contributed by atoms with Crippen molar-refractivity contribution in [2.24, 2.45) is 5.73 Å². The number of hydrogen-bond donors (Lipinski definition) is 3. The number of nitrogens with one attached hydrogen (secondary N) is 1. The summed E-state index contributed by atoms with van der Waals surface area (Å²) in [5.74, 6) is -1.24. The smallest absolute Gasteiger partial charge is 0.253 e. The molecule has 0 aliphatic carbocycles. The molecule has 0 spiro atoms. The summed E-state index contributed by atoms with van der Waals surface area (Å²) in [7, 11) is 0. The van der Waals surface area contributed by atoms with Gasteiger partial charge in [-0.2, -0.15) is 0 Å². The molecular formula is C16H17ClN2O3S2. The second kappa shape index (κ2) is 8.02. The number of anilines is 1. The third-order valence-corrected chi connectivity index (χ3v) is 6.00. The molecule has 0 fully saturated rings. The van der Waals surface area contributed by atoms with Crippen LogP contribution >= 0.6 is 34.7 Å². The molecule has 128 valence electrons. The number of thiophene rings is 1. The monoisotopic (exact) mass is 384 g/mol. The second-order valence-electron chi connectivity index (χ2n) is 5.02. The molecule has 2 rings (SSSR count). The standard InChI is InChI=1S/C16H17ClN2O3S2/c1-3-9-5-4-6-11(17)13(9)23-12-7-10(14(18)21)16(24-12)19-15(22)8(2)20/h4-8,20H,3H2,1-2H3,(H2,18,21)(H,19,22). The van der Waals surface area contributed by atoms with Crippen molar-refractivity contribution in [3.8, 4) is 0 Å². The van der Waals surface area contributed by atoms with Crippen LogP contribution in [0.3, 0.4) is 0 Å². The lowest BCUT2D eigenvalue weighted by Gasteiger charge is -2.08. The third kappa shape index (κ3) is 4.30. The lowest BCUT2D eigenvalue weighted by atomic mass is 10.2. The van der Waals surface area contributed by atoms with Gasteiger partial charge in [-0.3, -0.25) is 9.59 Å². The average molecular weight is 385 g/mol. The largest absolute Gasteiger partial charge is 0.384 e. The SMILES string of the molecule is CCc1cccc(Cl)c1Sc1cc(C(N)=O)c(NC(=O)C(C)O)s1. The Labute approximate surface area is 153 Å². The minimum atomic E-state index is -1.18. The number of rotatable bonds is 6. The first-order valence-corrected chi connectivity index (χ1v) is 9.22. The van der Waals surface area contributed by atoms with Gasteiger partial charge in [-0.15, -0.1) is 11.3 Å². The van der Waals surface area contributed by atoms with Crippen molar-refractivity contribution in [1.82, 2.24) is 0 Å². The van der Waals surface area contributed by atoms with Gasteiger partial charge in [0.05, 0.1) is 14.8 Å². The van der Waals surface area contributed by atoms with E-state index in [1.807, 2.05) is 25.1 Å². The van der Waals surface area contributed by atoms with Crippen LogP contribution in [0.15, 0.2) is 33.4 Å². The third-order valence-electron chi connectivity index (χ3n) is 3.22. The van der Waals surface area contributed by atoms with Crippen LogP contribution in [0.5, 0.6) is 0 Å². The van der Waals surface area contributed by atoms with E-state index in [-0.39, 0.29) is 5.56 Å². The molecular weight excluding hydrogens is 368 g/mol. The van der Waals surface area contributed by atoms with Gasteiger partial charge in [0, 0.05) is 4.90 Å². The van der Waals surface area contributed by atoms with Gasteiger partial charge in [-0.25, -0.2) is 0 Å². The molecule has 1 unspecified atom stereocenters. The molecule has 0 bridgehead atoms. The first kappa shape index (κ1) is 18.8. The lowest BCUT2D eigenvalue weighted by Crippen LogP contribution is -2.25. The molecule has 0 saturated carbocycles. The summed E-state index contributed by atoms with van der Waals surface area (Å²) in [4.78, 5) is 24.2. The van der Waals surface area contributed by atoms with Crippen molar-refractivity contribution in [1.29, 1.82) is 0 Å². The van der Waals surface area contributed by atoms with E-state index < -0.39 is 17.9 Å². The average Bonchev–Trinajstić information content (AvgIpc) is 2.92. The normalized spacial score (nSPS) is 12.0. The number of carbonyl (C=O) groups excluding carboxylic acids is 2. The first-order chi connectivity index (χ1) is 11.3. The number of nitrogens with two attached hydrogens (primary N) is 1. The van der Waals surface area contributed by atoms with E-state index in [0.717, 1.165) is 21.1 Å². The highest BCUT2D eigenvalue weighted by Crippen LogP contribution is 2.42. The van der Waals surface area contributed by atoms with Crippen molar-refractivity contribution in [3.63, 3.8) is 0 Å². The molecule has 0 aliphatic heterocycles. The predicted molar refractivity (Wildman–Crippen MR) is 98.1 cm³/mol. The van der Waals surface area contributed by atoms with E-state index >= 15 is 0 Å². The van der Waals surface area contributed by atoms with Crippen molar-refractivity contribution in [3.05, 3.63) is 40.4 Å². The molecule has 1 heterocycles. The molecule has 2 aromatic rings. The van der Waals surface area contributed by atoms with Gasteiger partial charge in [0.15, 0.2) is 0 Å². The molecule has 1 aromatic heterocycles. The van der Waals surface area contributed by atoms with Crippen LogP contribution in [-0.4, -0.2) is 23.0 Å². The van der Waals surface area contributed by atoms with E-state index in [4.69, 9.17) is 17.3 Å². The molecule has 2 amide bonds. The first-order valence-electron chi connectivity index (χ1n) is 7.21. The molecule has 0 aliphatic rings. The minimum absolute atomic E-state index is 0.210. The number of aryl methyl sites for hydroxylation is 1. The van der Waals surface area contributed by atoms with Crippen LogP contribution in [0.4, 0.5) is 5.00 Å². The highest BCUT2D eigenvalue weighted by atomic mass is 35.5. The number of hydrogen-bond acceptors (Lipinski definition) is 5. The number of primary amides is 1. The summed E-state index contributed by atoms with van der Waals surface area (Å²) in [6, 6.07) is 7.32. The summed E-state index contributed by atoms with van der Waals surface area (Å²) in [5.41, 5.74) is 6.68. The lowest BCUT2D eigenvalue weighted by molar-refractivity contribution is -0.123. The molecule has 0 saturated heterocycles. The molecule has 1 aromatic carbocycles. The molecule has 5 nitrogen and oxygen atoms in total. The van der Waals surface area contributed by atoms with Crippen LogP contribution in [0.1, 0.15) is 29.8 Å². The highest BCUT2D eigenvalue weighted by Gasteiger charge is 2.19. The zero-order valence-corrected chi connectivity index (χ0v) is 15.5. The number of aliphatic hydroxyl groups is 1. The van der Waals surface area contributed by atoms with Crippen molar-refractivity contribution >= 4 is 51.5 Å². The Morgan fingerprint density at radius 3 is 2.75 bits per heavy atom. The Hall–Kier alpha value is -1.54. The van der Waals surface area contributed by atoms with Gasteiger partial charge in [0.25, 0.3) is 11.8 Å². The van der Waals surface area contributed by atoms with Crippen LogP contribution < -0.4 is 11.1 Å². The van der Waals surface area contributed by atoms with Gasteiger partial charge >= 0.3 is 0 Å².